The van der Waals surface area contributed by atoms with Gasteiger partial charge >= 0.3 is 0 Å². The molecule has 2 aliphatic rings. The molecule has 3 aromatic rings. The molecule has 0 atom stereocenters. The van der Waals surface area contributed by atoms with Gasteiger partial charge in [-0.1, -0.05) is 6.08 Å². The summed E-state index contributed by atoms with van der Waals surface area (Å²) in [5.41, 5.74) is 9.09. The van der Waals surface area contributed by atoms with Crippen molar-refractivity contribution in [2.45, 2.75) is 19.4 Å². The molecule has 0 saturated carbocycles. The first-order chi connectivity index (χ1) is 17.2. The van der Waals surface area contributed by atoms with Gasteiger partial charge in [0, 0.05) is 49.4 Å². The largest absolute Gasteiger partial charge is 0.497 e. The number of nitrogens with zero attached hydrogens (tertiary/aromatic N) is 5. The molecule has 0 radical (unpaired) electrons. The summed E-state index contributed by atoms with van der Waals surface area (Å²) in [6.45, 7) is 8.25. The molecule has 0 amide bonds. The van der Waals surface area contributed by atoms with Crippen molar-refractivity contribution in [3.8, 4) is 11.6 Å². The average molecular weight is 492 g/mol. The normalized spacial score (nSPS) is 17.6. The summed E-state index contributed by atoms with van der Waals surface area (Å²) in [7, 11) is 1.60. The van der Waals surface area contributed by atoms with Gasteiger partial charge in [-0.2, -0.15) is 0 Å². The van der Waals surface area contributed by atoms with E-state index in [1.165, 1.54) is 12.1 Å². The fourth-order valence-electron chi connectivity index (χ4n) is 5.24. The number of guanidine groups is 1. The van der Waals surface area contributed by atoms with E-state index in [9.17, 15) is 9.50 Å². The number of nitrogens with one attached hydrogen (secondary N) is 1. The molecule has 36 heavy (non-hydrogen) atoms. The zero-order valence-corrected chi connectivity index (χ0v) is 20.6. The molecule has 1 saturated heterocycles. The number of piperazine rings is 1. The number of anilines is 1. The van der Waals surface area contributed by atoms with Crippen molar-refractivity contribution in [1.82, 2.24) is 9.47 Å². The summed E-state index contributed by atoms with van der Waals surface area (Å²) in [6, 6.07) is 10.5. The molecule has 9 nitrogen and oxygen atoms in total. The van der Waals surface area contributed by atoms with Crippen LogP contribution in [0.3, 0.4) is 0 Å². The molecule has 0 bridgehead atoms. The second kappa shape index (κ2) is 8.94. The summed E-state index contributed by atoms with van der Waals surface area (Å²) in [6.07, 6.45) is 2.17. The zero-order chi connectivity index (χ0) is 25.6. The van der Waals surface area contributed by atoms with Gasteiger partial charge in [0.05, 0.1) is 18.2 Å². The quantitative estimate of drug-likeness (QED) is 0.278. The lowest BCUT2D eigenvalue weighted by atomic mass is 9.90. The van der Waals surface area contributed by atoms with Gasteiger partial charge < -0.3 is 25.0 Å². The Morgan fingerprint density at radius 1 is 1.17 bits per heavy atom. The Morgan fingerprint density at radius 3 is 2.50 bits per heavy atom. The van der Waals surface area contributed by atoms with Crippen molar-refractivity contribution >= 4 is 33.8 Å². The molecule has 2 aliphatic heterocycles. The van der Waals surface area contributed by atoms with Crippen LogP contribution >= 0.6 is 0 Å². The lowest BCUT2D eigenvalue weighted by molar-refractivity contribution is 0.286. The summed E-state index contributed by atoms with van der Waals surface area (Å²) < 4.78 is 20.7. The summed E-state index contributed by atoms with van der Waals surface area (Å²) in [5, 5.41) is 27.0. The Hall–Kier alpha value is -3.92. The van der Waals surface area contributed by atoms with Crippen LogP contribution in [0.2, 0.25) is 0 Å². The van der Waals surface area contributed by atoms with Crippen LogP contribution in [0.15, 0.2) is 52.7 Å². The highest BCUT2D eigenvalue weighted by atomic mass is 19.1. The number of azo groups is 1. The van der Waals surface area contributed by atoms with Gasteiger partial charge in [-0.25, -0.2) is 4.39 Å². The number of ether oxygens (including phenoxy) is 1. The highest BCUT2D eigenvalue weighted by Gasteiger charge is 2.34. The average Bonchev–Trinajstić information content (AvgIpc) is 3.14. The molecule has 3 heterocycles. The number of aromatic nitrogens is 1. The summed E-state index contributed by atoms with van der Waals surface area (Å²) in [4.78, 5) is 4.68. The Morgan fingerprint density at radius 2 is 1.86 bits per heavy atom. The fourth-order valence-corrected chi connectivity index (χ4v) is 5.24. The van der Waals surface area contributed by atoms with Crippen molar-refractivity contribution in [2.24, 2.45) is 16.0 Å². The number of hydrogen-bond donors (Lipinski definition) is 3. The van der Waals surface area contributed by atoms with Crippen LogP contribution in [0.5, 0.6) is 11.6 Å². The molecule has 10 heteroatoms. The molecule has 2 aromatic carbocycles. The van der Waals surface area contributed by atoms with Crippen LogP contribution in [0, 0.1) is 11.2 Å². The maximum absolute atomic E-state index is 13.3. The maximum atomic E-state index is 13.3. The minimum atomic E-state index is -0.529. The van der Waals surface area contributed by atoms with Gasteiger partial charge in [0.2, 0.25) is 11.8 Å². The van der Waals surface area contributed by atoms with E-state index in [4.69, 9.17) is 15.9 Å². The van der Waals surface area contributed by atoms with Crippen LogP contribution in [-0.2, 0) is 5.54 Å². The first-order valence-corrected chi connectivity index (χ1v) is 11.8. The number of rotatable bonds is 5. The molecular formula is C26H30FN7O2. The molecule has 1 fully saturated rings. The third-order valence-corrected chi connectivity index (χ3v) is 6.89. The first kappa shape index (κ1) is 23.8. The van der Waals surface area contributed by atoms with Gasteiger partial charge in [0.15, 0.2) is 5.69 Å². The van der Waals surface area contributed by atoms with Gasteiger partial charge in [-0.3, -0.25) is 10.3 Å². The third-order valence-electron chi connectivity index (χ3n) is 6.89. The Kier molecular flexibility index (Phi) is 5.91. The maximum Gasteiger partial charge on any atom is 0.232 e. The standard InChI is InChI=1S/C26H30FN7O2/c1-26(2)14-16(15-32-8-10-33(11-9-32)18-6-4-17(27)5-7-18)20-12-19(36-3)13-21-22(30-31-25(28)29)24(35)34(26)23(20)21/h4-7,12-14,35H,8-11,15H2,1-3H3,(H3,28,29). The monoisotopic (exact) mass is 491 g/mol. The van der Waals surface area contributed by atoms with Crippen LogP contribution in [0.25, 0.3) is 16.5 Å². The van der Waals surface area contributed by atoms with E-state index in [1.54, 1.807) is 7.11 Å². The smallest absolute Gasteiger partial charge is 0.232 e. The molecule has 1 aromatic heterocycles. The molecule has 188 valence electrons. The number of nitrogens with two attached hydrogens (primary N) is 1. The molecular weight excluding hydrogens is 461 g/mol. The van der Waals surface area contributed by atoms with E-state index in [0.29, 0.717) is 11.1 Å². The number of methoxy groups -OCH3 is 1. The second-order valence-electron chi connectivity index (χ2n) is 9.73. The Balaban J connectivity index is 1.47. The lowest BCUT2D eigenvalue weighted by Crippen LogP contribution is -2.47. The van der Waals surface area contributed by atoms with Gasteiger partial charge in [0.1, 0.15) is 11.6 Å². The number of allylic oxidation sites excluding steroid dienone is 1. The number of hydrogen-bond acceptors (Lipinski definition) is 6. The van der Waals surface area contributed by atoms with E-state index in [1.807, 2.05) is 42.7 Å². The van der Waals surface area contributed by atoms with Crippen molar-refractivity contribution in [1.29, 1.82) is 5.41 Å². The molecule has 0 aliphatic carbocycles. The topological polar surface area (TPSA) is 115 Å². The Labute approximate surface area is 208 Å². The second-order valence-corrected chi connectivity index (χ2v) is 9.73. The van der Waals surface area contributed by atoms with Crippen LogP contribution in [0.4, 0.5) is 15.8 Å². The van der Waals surface area contributed by atoms with E-state index in [-0.39, 0.29) is 17.4 Å². The van der Waals surface area contributed by atoms with Gasteiger partial charge in [-0.05, 0) is 55.8 Å². The Bertz CT molecular complexity index is 1380. The molecule has 0 spiro atoms. The summed E-state index contributed by atoms with van der Waals surface area (Å²) in [5.74, 6) is -0.0555. The number of benzene rings is 2. The minimum Gasteiger partial charge on any atom is -0.497 e. The van der Waals surface area contributed by atoms with Crippen LogP contribution in [0.1, 0.15) is 19.4 Å². The third kappa shape index (κ3) is 4.17. The molecule has 5 rings (SSSR count). The van der Waals surface area contributed by atoms with Gasteiger partial charge in [0.25, 0.3) is 0 Å². The van der Waals surface area contributed by atoms with Crippen molar-refractivity contribution < 1.29 is 14.2 Å². The van der Waals surface area contributed by atoms with Crippen molar-refractivity contribution in [3.63, 3.8) is 0 Å². The molecule has 0 unspecified atom stereocenters. The van der Waals surface area contributed by atoms with E-state index in [2.05, 4.69) is 26.1 Å². The van der Waals surface area contributed by atoms with E-state index < -0.39 is 11.5 Å². The van der Waals surface area contributed by atoms with E-state index >= 15 is 0 Å². The van der Waals surface area contributed by atoms with Gasteiger partial charge in [-0.15, -0.1) is 10.2 Å². The van der Waals surface area contributed by atoms with Crippen LogP contribution in [-0.4, -0.2) is 60.4 Å². The molecule has 4 N–H and O–H groups in total. The first-order valence-electron chi connectivity index (χ1n) is 11.8. The van der Waals surface area contributed by atoms with Crippen molar-refractivity contribution in [3.05, 3.63) is 53.9 Å². The SMILES string of the molecule is COc1cc2c3c(c1)c(N=NC(=N)N)c(O)n3C(C)(C)C=C2CN1CCN(c2ccc(F)cc2)CC1. The predicted molar refractivity (Wildman–Crippen MR) is 139 cm³/mol. The number of halogens is 1. The highest BCUT2D eigenvalue weighted by molar-refractivity contribution is 6.04. The van der Waals surface area contributed by atoms with Crippen LogP contribution < -0.4 is 15.4 Å². The highest BCUT2D eigenvalue weighted by Crippen LogP contribution is 2.49. The summed E-state index contributed by atoms with van der Waals surface area (Å²) >= 11 is 0. The van der Waals surface area contributed by atoms with Crippen molar-refractivity contribution in [2.75, 3.05) is 44.7 Å². The zero-order valence-electron chi connectivity index (χ0n) is 20.6. The fraction of sp³-hybridized carbons (Fsp3) is 0.346. The number of aromatic hydroxyl groups is 1. The predicted octanol–water partition coefficient (Wildman–Crippen LogP) is 4.43. The van der Waals surface area contributed by atoms with E-state index in [0.717, 1.165) is 55.1 Å². The minimum absolute atomic E-state index is 0.0299. The lowest BCUT2D eigenvalue weighted by Gasteiger charge is -2.38.